The van der Waals surface area contributed by atoms with Gasteiger partial charge in [0.1, 0.15) is 18.2 Å². The van der Waals surface area contributed by atoms with E-state index in [0.29, 0.717) is 5.57 Å². The van der Waals surface area contributed by atoms with Crippen molar-refractivity contribution in [2.75, 3.05) is 6.61 Å². The number of carbonyl (C=O) groups is 1. The molecule has 0 N–H and O–H groups in total. The van der Waals surface area contributed by atoms with E-state index in [1.165, 1.54) is 6.08 Å². The highest BCUT2D eigenvalue weighted by molar-refractivity contribution is 5.98. The molecule has 3 nitrogen and oxygen atoms in total. The van der Waals surface area contributed by atoms with E-state index in [1.807, 2.05) is 66.7 Å². The lowest BCUT2D eigenvalue weighted by Crippen LogP contribution is -2.08. The van der Waals surface area contributed by atoms with Gasteiger partial charge in [-0.05, 0) is 22.8 Å². The van der Waals surface area contributed by atoms with Gasteiger partial charge in [-0.3, -0.25) is 0 Å². The Hall–Kier alpha value is -3.12. The van der Waals surface area contributed by atoms with Crippen molar-refractivity contribution in [2.45, 2.75) is 0 Å². The van der Waals surface area contributed by atoms with E-state index in [1.54, 1.807) is 0 Å². The van der Waals surface area contributed by atoms with Crippen molar-refractivity contribution in [1.82, 2.24) is 0 Å². The van der Waals surface area contributed by atoms with Crippen molar-refractivity contribution in [2.24, 2.45) is 0 Å². The quantitative estimate of drug-likeness (QED) is 0.477. The molecule has 0 aliphatic heterocycles. The Bertz CT molecular complexity index is 725. The molecule has 0 radical (unpaired) electrons. The van der Waals surface area contributed by atoms with E-state index in [-0.39, 0.29) is 12.2 Å². The number of ether oxygens (including phenoxy) is 1. The summed E-state index contributed by atoms with van der Waals surface area (Å²) in [5.74, 6) is -0.650. The first-order valence-corrected chi connectivity index (χ1v) is 6.78. The van der Waals surface area contributed by atoms with Crippen LogP contribution < -0.4 is 0 Å². The molecule has 0 aromatic heterocycles. The van der Waals surface area contributed by atoms with Crippen LogP contribution in [0, 0.1) is 11.3 Å². The molecule has 0 aliphatic rings. The molecule has 2 rings (SSSR count). The molecule has 0 unspecified atom stereocenters. The van der Waals surface area contributed by atoms with Crippen LogP contribution in [-0.2, 0) is 9.53 Å². The number of hydrogen-bond acceptors (Lipinski definition) is 3. The highest BCUT2D eigenvalue weighted by atomic mass is 16.5. The lowest BCUT2D eigenvalue weighted by atomic mass is 10.1. The van der Waals surface area contributed by atoms with Gasteiger partial charge in [0, 0.05) is 0 Å². The Morgan fingerprint density at radius 2 is 1.68 bits per heavy atom. The molecule has 2 aromatic carbocycles. The first kappa shape index (κ1) is 15.3. The zero-order chi connectivity index (χ0) is 15.8. The zero-order valence-corrected chi connectivity index (χ0v) is 12.0. The summed E-state index contributed by atoms with van der Waals surface area (Å²) in [5.41, 5.74) is 2.33. The van der Waals surface area contributed by atoms with Crippen LogP contribution in [0.15, 0.2) is 72.8 Å². The van der Waals surface area contributed by atoms with Crippen LogP contribution in [0.2, 0.25) is 0 Å². The summed E-state index contributed by atoms with van der Waals surface area (Å²) in [5, 5.41) is 9.10. The fourth-order valence-corrected chi connectivity index (χ4v) is 1.84. The van der Waals surface area contributed by atoms with Gasteiger partial charge in [0.2, 0.25) is 0 Å². The lowest BCUT2D eigenvalue weighted by Gasteiger charge is -2.07. The third kappa shape index (κ3) is 4.19. The van der Waals surface area contributed by atoms with Gasteiger partial charge in [-0.2, -0.15) is 5.26 Å². The van der Waals surface area contributed by atoms with Gasteiger partial charge in [0.05, 0.1) is 0 Å². The van der Waals surface area contributed by atoms with Crippen LogP contribution in [0.1, 0.15) is 11.1 Å². The lowest BCUT2D eigenvalue weighted by molar-refractivity contribution is -0.137. The highest BCUT2D eigenvalue weighted by Crippen LogP contribution is 2.13. The average Bonchev–Trinajstić information content (AvgIpc) is 2.59. The van der Waals surface area contributed by atoms with E-state index in [0.717, 1.165) is 11.1 Å². The van der Waals surface area contributed by atoms with Gasteiger partial charge < -0.3 is 4.74 Å². The molecule has 0 amide bonds. The van der Waals surface area contributed by atoms with Crippen LogP contribution in [0.3, 0.4) is 0 Å². The van der Waals surface area contributed by atoms with Crippen LogP contribution in [0.25, 0.3) is 11.6 Å². The maximum Gasteiger partial charge on any atom is 0.349 e. The van der Waals surface area contributed by atoms with Crippen LogP contribution in [0.4, 0.5) is 0 Å². The molecule has 0 spiro atoms. The van der Waals surface area contributed by atoms with Gasteiger partial charge in [0.15, 0.2) is 0 Å². The van der Waals surface area contributed by atoms with E-state index >= 15 is 0 Å². The Labute approximate surface area is 129 Å². The van der Waals surface area contributed by atoms with Crippen LogP contribution in [0.5, 0.6) is 0 Å². The monoisotopic (exact) mass is 289 g/mol. The second-order valence-corrected chi connectivity index (χ2v) is 4.63. The molecule has 0 saturated heterocycles. The minimum Gasteiger partial charge on any atom is -0.457 e. The van der Waals surface area contributed by atoms with Crippen molar-refractivity contribution in [3.63, 3.8) is 0 Å². The Morgan fingerprint density at radius 1 is 1.09 bits per heavy atom. The van der Waals surface area contributed by atoms with E-state index in [4.69, 9.17) is 10.00 Å². The first-order valence-electron chi connectivity index (χ1n) is 6.78. The molecule has 3 heteroatoms. The van der Waals surface area contributed by atoms with Crippen LogP contribution in [-0.4, -0.2) is 12.6 Å². The second-order valence-electron chi connectivity index (χ2n) is 4.63. The predicted molar refractivity (Wildman–Crippen MR) is 86.5 cm³/mol. The standard InChI is InChI=1S/C19H15NO2/c1-15(17-10-6-3-7-11-17)14-22-19(21)18(13-20)12-16-8-4-2-5-9-16/h2-12H,1,14H2. The Morgan fingerprint density at radius 3 is 2.27 bits per heavy atom. The summed E-state index contributed by atoms with van der Waals surface area (Å²) in [6, 6.07) is 20.5. The molecule has 22 heavy (non-hydrogen) atoms. The van der Waals surface area contributed by atoms with Gasteiger partial charge in [-0.1, -0.05) is 67.2 Å². The van der Waals surface area contributed by atoms with Crippen molar-refractivity contribution >= 4 is 17.6 Å². The third-order valence-electron chi connectivity index (χ3n) is 3.01. The maximum atomic E-state index is 12.0. The fourth-order valence-electron chi connectivity index (χ4n) is 1.84. The molecule has 0 aliphatic carbocycles. The molecule has 0 heterocycles. The summed E-state index contributed by atoms with van der Waals surface area (Å²) in [6.07, 6.45) is 1.51. The van der Waals surface area contributed by atoms with Crippen molar-refractivity contribution in [1.29, 1.82) is 5.26 Å². The summed E-state index contributed by atoms with van der Waals surface area (Å²) in [7, 11) is 0. The van der Waals surface area contributed by atoms with Crippen molar-refractivity contribution in [3.05, 3.63) is 83.9 Å². The highest BCUT2D eigenvalue weighted by Gasteiger charge is 2.11. The van der Waals surface area contributed by atoms with Gasteiger partial charge in [-0.25, -0.2) is 4.79 Å². The van der Waals surface area contributed by atoms with E-state index in [9.17, 15) is 4.79 Å². The molecule has 0 fully saturated rings. The van der Waals surface area contributed by atoms with E-state index < -0.39 is 5.97 Å². The minimum absolute atomic E-state index is 0.0351. The summed E-state index contributed by atoms with van der Waals surface area (Å²) in [4.78, 5) is 12.0. The van der Waals surface area contributed by atoms with Crippen molar-refractivity contribution < 1.29 is 9.53 Å². The number of benzene rings is 2. The number of rotatable bonds is 5. The average molecular weight is 289 g/mol. The molecule has 0 saturated carbocycles. The summed E-state index contributed by atoms with van der Waals surface area (Å²) < 4.78 is 5.15. The number of esters is 1. The molecule has 2 aromatic rings. The van der Waals surface area contributed by atoms with Crippen LogP contribution >= 0.6 is 0 Å². The van der Waals surface area contributed by atoms with Gasteiger partial charge >= 0.3 is 5.97 Å². The number of carbonyl (C=O) groups excluding carboxylic acids is 1. The minimum atomic E-state index is -0.650. The molecular formula is C19H15NO2. The number of hydrogen-bond donors (Lipinski definition) is 0. The largest absolute Gasteiger partial charge is 0.457 e. The normalized spacial score (nSPS) is 10.6. The Balaban J connectivity index is 2.01. The van der Waals surface area contributed by atoms with Gasteiger partial charge in [-0.15, -0.1) is 0 Å². The SMILES string of the molecule is C=C(COC(=O)C(C#N)=Cc1ccccc1)c1ccccc1. The summed E-state index contributed by atoms with van der Waals surface area (Å²) >= 11 is 0. The molecular weight excluding hydrogens is 274 g/mol. The first-order chi connectivity index (χ1) is 10.7. The Kier molecular flexibility index (Phi) is 5.28. The zero-order valence-electron chi connectivity index (χ0n) is 12.0. The number of nitriles is 1. The maximum absolute atomic E-state index is 12.0. The molecule has 0 bridgehead atoms. The smallest absolute Gasteiger partial charge is 0.349 e. The van der Waals surface area contributed by atoms with Crippen molar-refractivity contribution in [3.8, 4) is 6.07 Å². The second kappa shape index (κ2) is 7.61. The third-order valence-corrected chi connectivity index (χ3v) is 3.01. The predicted octanol–water partition coefficient (Wildman–Crippen LogP) is 3.85. The molecule has 108 valence electrons. The summed E-state index contributed by atoms with van der Waals surface area (Å²) in [6.45, 7) is 3.94. The topological polar surface area (TPSA) is 50.1 Å². The van der Waals surface area contributed by atoms with Gasteiger partial charge in [0.25, 0.3) is 0 Å². The fraction of sp³-hybridized carbons (Fsp3) is 0.0526. The molecule has 0 atom stereocenters. The number of nitrogens with zero attached hydrogens (tertiary/aromatic N) is 1. The van der Waals surface area contributed by atoms with E-state index in [2.05, 4.69) is 6.58 Å².